The number of carboxylic acids is 1. The zero-order chi connectivity index (χ0) is 17.6. The van der Waals surface area contributed by atoms with Gasteiger partial charge >= 0.3 is 5.97 Å². The second kappa shape index (κ2) is 8.38. The van der Waals surface area contributed by atoms with Crippen LogP contribution in [-0.4, -0.2) is 37.6 Å². The molecule has 9 nitrogen and oxygen atoms in total. The van der Waals surface area contributed by atoms with Crippen molar-refractivity contribution in [3.05, 3.63) is 65.5 Å². The van der Waals surface area contributed by atoms with Gasteiger partial charge in [0.15, 0.2) is 6.61 Å². The lowest BCUT2D eigenvalue weighted by Crippen LogP contribution is -2.12. The molecule has 0 atom stereocenters. The largest absolute Gasteiger partial charge is 0.485 e. The average Bonchev–Trinajstić information content (AvgIpc) is 3.14. The Balaban J connectivity index is 0.00000243. The Bertz CT molecular complexity index is 878. The van der Waals surface area contributed by atoms with Gasteiger partial charge in [-0.15, -0.1) is 10.2 Å². The van der Waals surface area contributed by atoms with Gasteiger partial charge < -0.3 is 15.2 Å². The molecule has 3 rings (SSSR count). The number of carbonyl (C=O) groups excluding carboxylic acids is 1. The van der Waals surface area contributed by atoms with Gasteiger partial charge in [-0.1, -0.05) is 18.7 Å². The molecule has 134 valence electrons. The summed E-state index contributed by atoms with van der Waals surface area (Å²) < 4.78 is 5.46. The summed E-state index contributed by atoms with van der Waals surface area (Å²) >= 11 is 0. The van der Waals surface area contributed by atoms with E-state index in [1.807, 2.05) is 0 Å². The molecule has 0 radical (unpaired) electrons. The number of hydrogen-bond donors (Lipinski definition) is 3. The molecule has 1 amide bonds. The molecule has 3 N–H and O–H groups in total. The third-order valence-corrected chi connectivity index (χ3v) is 3.24. The number of aromatic carboxylic acids is 1. The minimum absolute atomic E-state index is 0. The number of tetrazole rings is 1. The molecule has 0 aliphatic heterocycles. The molecular formula is C17H17N5O4. The van der Waals surface area contributed by atoms with Crippen LogP contribution in [0.3, 0.4) is 0 Å². The molecule has 26 heavy (non-hydrogen) atoms. The first-order valence-corrected chi connectivity index (χ1v) is 7.22. The second-order valence-electron chi connectivity index (χ2n) is 4.98. The van der Waals surface area contributed by atoms with E-state index in [2.05, 4.69) is 25.9 Å². The number of nitrogens with zero attached hydrogens (tertiary/aromatic N) is 3. The first-order chi connectivity index (χ1) is 12.1. The molecule has 0 saturated heterocycles. The van der Waals surface area contributed by atoms with E-state index in [1.54, 1.807) is 36.4 Å². The van der Waals surface area contributed by atoms with Gasteiger partial charge in [0.25, 0.3) is 5.91 Å². The minimum Gasteiger partial charge on any atom is -0.485 e. The summed E-state index contributed by atoms with van der Waals surface area (Å²) in [5.74, 6) is -0.444. The van der Waals surface area contributed by atoms with Gasteiger partial charge in [-0.2, -0.15) is 5.21 Å². The summed E-state index contributed by atoms with van der Waals surface area (Å²) in [6.07, 6.45) is 0. The number of H-pyrrole nitrogens is 1. The maximum Gasteiger partial charge on any atom is 0.335 e. The number of carboxylic acid groups (broad SMARTS) is 1. The zero-order valence-corrected chi connectivity index (χ0v) is 12.8. The Morgan fingerprint density at radius 1 is 1.12 bits per heavy atom. The van der Waals surface area contributed by atoms with E-state index >= 15 is 0 Å². The van der Waals surface area contributed by atoms with Crippen LogP contribution in [-0.2, 0) is 6.61 Å². The van der Waals surface area contributed by atoms with Gasteiger partial charge in [-0.3, -0.25) is 4.79 Å². The molecule has 9 heteroatoms. The Morgan fingerprint density at radius 3 is 2.54 bits per heavy atom. The van der Waals surface area contributed by atoms with Crippen molar-refractivity contribution >= 4 is 17.6 Å². The van der Waals surface area contributed by atoms with Crippen molar-refractivity contribution in [2.45, 2.75) is 14.0 Å². The number of amides is 1. The molecule has 3 aromatic rings. The highest BCUT2D eigenvalue weighted by Crippen LogP contribution is 2.16. The van der Waals surface area contributed by atoms with Gasteiger partial charge in [-0.25, -0.2) is 4.79 Å². The quantitative estimate of drug-likeness (QED) is 0.619. The lowest BCUT2D eigenvalue weighted by molar-refractivity contribution is 0.0696. The highest BCUT2D eigenvalue weighted by molar-refractivity contribution is 6.04. The summed E-state index contributed by atoms with van der Waals surface area (Å²) in [5.41, 5.74) is 0.915. The first-order valence-electron chi connectivity index (χ1n) is 7.22. The molecule has 0 fully saturated rings. The van der Waals surface area contributed by atoms with E-state index in [0.717, 1.165) is 0 Å². The molecule has 0 aliphatic carbocycles. The summed E-state index contributed by atoms with van der Waals surface area (Å²) in [4.78, 5) is 23.2. The van der Waals surface area contributed by atoms with Crippen LogP contribution in [0.25, 0.3) is 0 Å². The number of rotatable bonds is 6. The Hall–Kier alpha value is -3.75. The van der Waals surface area contributed by atoms with Crippen LogP contribution in [0.5, 0.6) is 5.75 Å². The fourth-order valence-electron chi connectivity index (χ4n) is 2.03. The van der Waals surface area contributed by atoms with Crippen LogP contribution in [0.15, 0.2) is 48.5 Å². The predicted molar refractivity (Wildman–Crippen MR) is 93.0 cm³/mol. The van der Waals surface area contributed by atoms with Gasteiger partial charge in [0, 0.05) is 11.3 Å². The van der Waals surface area contributed by atoms with Gasteiger partial charge in [-0.05, 0) is 42.5 Å². The van der Waals surface area contributed by atoms with E-state index in [0.29, 0.717) is 22.8 Å². The number of nitrogens with one attached hydrogen (secondary N) is 2. The van der Waals surface area contributed by atoms with Crippen LogP contribution in [0.4, 0.5) is 5.69 Å². The minimum atomic E-state index is -1.06. The molecule has 1 aromatic heterocycles. The number of hydrogen-bond acceptors (Lipinski definition) is 6. The van der Waals surface area contributed by atoms with E-state index in [4.69, 9.17) is 9.84 Å². The van der Waals surface area contributed by atoms with E-state index in [9.17, 15) is 9.59 Å². The fraction of sp³-hybridized carbons (Fsp3) is 0.118. The molecule has 0 spiro atoms. The van der Waals surface area contributed by atoms with Crippen molar-refractivity contribution < 1.29 is 19.4 Å². The maximum absolute atomic E-state index is 12.2. The second-order valence-corrected chi connectivity index (χ2v) is 4.98. The van der Waals surface area contributed by atoms with E-state index in [1.165, 1.54) is 12.1 Å². The smallest absolute Gasteiger partial charge is 0.335 e. The fourth-order valence-corrected chi connectivity index (χ4v) is 2.03. The number of ether oxygens (including phenoxy) is 1. The van der Waals surface area contributed by atoms with Crippen molar-refractivity contribution in [1.29, 1.82) is 0 Å². The monoisotopic (exact) mass is 355 g/mol. The highest BCUT2D eigenvalue weighted by atomic mass is 16.5. The van der Waals surface area contributed by atoms with E-state index in [-0.39, 0.29) is 25.5 Å². The Morgan fingerprint density at radius 2 is 1.88 bits per heavy atom. The van der Waals surface area contributed by atoms with Crippen molar-refractivity contribution in [2.75, 3.05) is 5.32 Å². The SMILES string of the molecule is C.O=C(O)c1cccc(NC(=O)c2ccc(OCc3nn[nH]n3)cc2)c1. The topological polar surface area (TPSA) is 130 Å². The van der Waals surface area contributed by atoms with Crippen LogP contribution in [0, 0.1) is 0 Å². The van der Waals surface area contributed by atoms with Gasteiger partial charge in [0.1, 0.15) is 5.75 Å². The molecule has 0 unspecified atom stereocenters. The number of aromatic amines is 1. The summed E-state index contributed by atoms with van der Waals surface area (Å²) in [7, 11) is 0. The standard InChI is InChI=1S/C16H13N5O4.CH4/c22-15(17-12-3-1-2-11(8-12)16(23)24)10-4-6-13(7-5-10)25-9-14-18-20-21-19-14;/h1-8H,9H2,(H,17,22)(H,23,24)(H,18,19,20,21);1H4. The number of aromatic nitrogens is 4. The third-order valence-electron chi connectivity index (χ3n) is 3.24. The Kier molecular flexibility index (Phi) is 5.99. The molecule has 0 saturated carbocycles. The molecule has 0 bridgehead atoms. The number of anilines is 1. The molecular weight excluding hydrogens is 338 g/mol. The van der Waals surface area contributed by atoms with Crippen LogP contribution < -0.4 is 10.1 Å². The van der Waals surface area contributed by atoms with Gasteiger partial charge in [0.2, 0.25) is 5.82 Å². The van der Waals surface area contributed by atoms with Crippen molar-refractivity contribution in [1.82, 2.24) is 20.6 Å². The maximum atomic E-state index is 12.2. The normalized spacial score (nSPS) is 9.85. The van der Waals surface area contributed by atoms with Crippen LogP contribution in [0.2, 0.25) is 0 Å². The number of carbonyl (C=O) groups is 2. The summed E-state index contributed by atoms with van der Waals surface area (Å²) in [5, 5.41) is 24.9. The molecule has 2 aromatic carbocycles. The molecule has 0 aliphatic rings. The summed E-state index contributed by atoms with van der Waals surface area (Å²) in [6, 6.07) is 12.5. The first kappa shape index (κ1) is 18.6. The zero-order valence-electron chi connectivity index (χ0n) is 12.8. The summed E-state index contributed by atoms with van der Waals surface area (Å²) in [6.45, 7) is 0.157. The van der Waals surface area contributed by atoms with Gasteiger partial charge in [0.05, 0.1) is 5.56 Å². The lowest BCUT2D eigenvalue weighted by Gasteiger charge is -2.07. The average molecular weight is 355 g/mol. The van der Waals surface area contributed by atoms with Crippen LogP contribution >= 0.6 is 0 Å². The van der Waals surface area contributed by atoms with Crippen molar-refractivity contribution in [3.63, 3.8) is 0 Å². The molecule has 1 heterocycles. The number of benzene rings is 2. The van der Waals surface area contributed by atoms with Crippen molar-refractivity contribution in [2.24, 2.45) is 0 Å². The van der Waals surface area contributed by atoms with E-state index < -0.39 is 5.97 Å². The van der Waals surface area contributed by atoms with Crippen molar-refractivity contribution in [3.8, 4) is 5.75 Å². The Labute approximate surface area is 149 Å². The predicted octanol–water partition coefficient (Wildman–Crippen LogP) is 2.37. The third kappa shape index (κ3) is 4.63. The highest BCUT2D eigenvalue weighted by Gasteiger charge is 2.09. The lowest BCUT2D eigenvalue weighted by atomic mass is 10.1. The van der Waals surface area contributed by atoms with Crippen LogP contribution in [0.1, 0.15) is 34.0 Å².